The van der Waals surface area contributed by atoms with Crippen LogP contribution in [-0.2, 0) is 14.4 Å². The molecule has 17 heavy (non-hydrogen) atoms. The summed E-state index contributed by atoms with van der Waals surface area (Å²) in [4.78, 5) is 34.6. The minimum Gasteiger partial charge on any atom is -0.480 e. The maximum absolute atomic E-state index is 12.0. The van der Waals surface area contributed by atoms with E-state index in [0.29, 0.717) is 11.8 Å². The van der Waals surface area contributed by atoms with Gasteiger partial charge in [0, 0.05) is 5.92 Å². The number of carbonyl (C=O) groups is 3. The number of primary amides is 1. The molecular weight excluding hydrogens is 224 g/mol. The molecule has 2 atom stereocenters. The number of hydrogen-bond donors (Lipinski definition) is 2. The zero-order valence-electron chi connectivity index (χ0n) is 9.46. The van der Waals surface area contributed by atoms with Gasteiger partial charge in [0.2, 0.25) is 11.8 Å². The molecule has 2 fully saturated rings. The van der Waals surface area contributed by atoms with Gasteiger partial charge in [-0.1, -0.05) is 6.42 Å². The SMILES string of the molecule is NC(=O)CN(CC(=O)O)C(=O)C1C2CCCC21. The largest absolute Gasteiger partial charge is 0.480 e. The molecule has 0 aromatic heterocycles. The van der Waals surface area contributed by atoms with E-state index in [4.69, 9.17) is 10.8 Å². The van der Waals surface area contributed by atoms with Crippen LogP contribution in [0.25, 0.3) is 0 Å². The molecule has 6 nitrogen and oxygen atoms in total. The molecule has 0 radical (unpaired) electrons. The summed E-state index contributed by atoms with van der Waals surface area (Å²) in [5, 5.41) is 8.70. The lowest BCUT2D eigenvalue weighted by atomic mass is 10.1. The van der Waals surface area contributed by atoms with E-state index in [1.807, 2.05) is 0 Å². The lowest BCUT2D eigenvalue weighted by molar-refractivity contribution is -0.146. The fourth-order valence-corrected chi connectivity index (χ4v) is 2.96. The Kier molecular flexibility index (Phi) is 3.04. The topological polar surface area (TPSA) is 101 Å². The Morgan fingerprint density at radius 3 is 2.24 bits per heavy atom. The lowest BCUT2D eigenvalue weighted by Gasteiger charge is -2.19. The van der Waals surface area contributed by atoms with Gasteiger partial charge in [-0.3, -0.25) is 14.4 Å². The molecule has 0 saturated heterocycles. The van der Waals surface area contributed by atoms with E-state index >= 15 is 0 Å². The Morgan fingerprint density at radius 2 is 1.76 bits per heavy atom. The van der Waals surface area contributed by atoms with E-state index in [0.717, 1.165) is 24.2 Å². The van der Waals surface area contributed by atoms with Crippen LogP contribution >= 0.6 is 0 Å². The average molecular weight is 240 g/mol. The highest BCUT2D eigenvalue weighted by molar-refractivity contribution is 5.89. The summed E-state index contributed by atoms with van der Waals surface area (Å²) in [6.07, 6.45) is 3.23. The molecule has 94 valence electrons. The van der Waals surface area contributed by atoms with Crippen molar-refractivity contribution >= 4 is 17.8 Å². The van der Waals surface area contributed by atoms with Gasteiger partial charge in [-0.2, -0.15) is 0 Å². The molecule has 2 unspecified atom stereocenters. The molecular formula is C11H16N2O4. The van der Waals surface area contributed by atoms with Gasteiger partial charge in [-0.15, -0.1) is 0 Å². The quantitative estimate of drug-likeness (QED) is 0.672. The summed E-state index contributed by atoms with van der Waals surface area (Å²) in [5.74, 6) is -1.27. The Labute approximate surface area is 98.8 Å². The predicted molar refractivity (Wildman–Crippen MR) is 57.7 cm³/mol. The number of carboxylic acids is 1. The van der Waals surface area contributed by atoms with Crippen LogP contribution in [0.2, 0.25) is 0 Å². The van der Waals surface area contributed by atoms with E-state index in [9.17, 15) is 14.4 Å². The zero-order valence-corrected chi connectivity index (χ0v) is 9.46. The van der Waals surface area contributed by atoms with E-state index in [2.05, 4.69) is 0 Å². The molecule has 0 aromatic carbocycles. The van der Waals surface area contributed by atoms with Gasteiger partial charge in [-0.05, 0) is 24.7 Å². The molecule has 2 aliphatic rings. The Balaban J connectivity index is 1.97. The second-order valence-electron chi connectivity index (χ2n) is 4.84. The van der Waals surface area contributed by atoms with Gasteiger partial charge < -0.3 is 15.7 Å². The van der Waals surface area contributed by atoms with Gasteiger partial charge in [0.1, 0.15) is 6.54 Å². The molecule has 3 N–H and O–H groups in total. The van der Waals surface area contributed by atoms with E-state index < -0.39 is 18.4 Å². The van der Waals surface area contributed by atoms with E-state index in [-0.39, 0.29) is 18.4 Å². The van der Waals surface area contributed by atoms with Gasteiger partial charge in [-0.25, -0.2) is 0 Å². The first kappa shape index (κ1) is 11.9. The number of carboxylic acid groups (broad SMARTS) is 1. The number of rotatable bonds is 5. The number of aliphatic carboxylic acids is 1. The molecule has 0 bridgehead atoms. The highest BCUT2D eigenvalue weighted by Crippen LogP contribution is 2.58. The summed E-state index contributed by atoms with van der Waals surface area (Å²) >= 11 is 0. The number of hydrogen-bond acceptors (Lipinski definition) is 3. The van der Waals surface area contributed by atoms with Crippen LogP contribution in [0.4, 0.5) is 0 Å². The van der Waals surface area contributed by atoms with Crippen molar-refractivity contribution in [3.05, 3.63) is 0 Å². The number of carbonyl (C=O) groups excluding carboxylic acids is 2. The van der Waals surface area contributed by atoms with Crippen LogP contribution in [0, 0.1) is 17.8 Å². The fraction of sp³-hybridized carbons (Fsp3) is 0.727. The lowest BCUT2D eigenvalue weighted by Crippen LogP contribution is -2.42. The van der Waals surface area contributed by atoms with Crippen molar-refractivity contribution < 1.29 is 19.5 Å². The molecule has 0 heterocycles. The minimum atomic E-state index is -1.12. The van der Waals surface area contributed by atoms with Gasteiger partial charge in [0.05, 0.1) is 6.54 Å². The summed E-state index contributed by atoms with van der Waals surface area (Å²) in [6.45, 7) is -0.751. The first-order valence-electron chi connectivity index (χ1n) is 5.79. The standard InChI is InChI=1S/C11H16N2O4/c12-8(14)4-13(5-9(15)16)11(17)10-6-2-1-3-7(6)10/h6-7,10H,1-5H2,(H2,12,14)(H,15,16). The third kappa shape index (κ3) is 2.40. The van der Waals surface area contributed by atoms with Crippen LogP contribution in [0.1, 0.15) is 19.3 Å². The van der Waals surface area contributed by atoms with Crippen molar-refractivity contribution in [2.24, 2.45) is 23.5 Å². The summed E-state index contributed by atoms with van der Waals surface area (Å²) in [6, 6.07) is 0. The molecule has 0 aliphatic heterocycles. The molecule has 2 aliphatic carbocycles. The second-order valence-corrected chi connectivity index (χ2v) is 4.84. The number of nitrogens with two attached hydrogens (primary N) is 1. The third-order valence-corrected chi connectivity index (χ3v) is 3.68. The van der Waals surface area contributed by atoms with E-state index in [1.54, 1.807) is 0 Å². The van der Waals surface area contributed by atoms with Crippen molar-refractivity contribution in [1.82, 2.24) is 4.90 Å². The minimum absolute atomic E-state index is 0.0672. The summed E-state index contributed by atoms with van der Waals surface area (Å²) < 4.78 is 0. The van der Waals surface area contributed by atoms with Crippen molar-refractivity contribution in [1.29, 1.82) is 0 Å². The fourth-order valence-electron chi connectivity index (χ4n) is 2.96. The van der Waals surface area contributed by atoms with Crippen LogP contribution < -0.4 is 5.73 Å². The van der Waals surface area contributed by atoms with Crippen LogP contribution in [-0.4, -0.2) is 40.9 Å². The highest BCUT2D eigenvalue weighted by atomic mass is 16.4. The van der Waals surface area contributed by atoms with E-state index in [1.165, 1.54) is 0 Å². The van der Waals surface area contributed by atoms with Crippen LogP contribution in [0.15, 0.2) is 0 Å². The average Bonchev–Trinajstić information content (AvgIpc) is 2.67. The second kappa shape index (κ2) is 4.35. The van der Waals surface area contributed by atoms with Crippen molar-refractivity contribution in [2.45, 2.75) is 19.3 Å². The normalized spacial score (nSPS) is 29.5. The number of amides is 2. The molecule has 6 heteroatoms. The molecule has 0 aromatic rings. The number of fused-ring (bicyclic) bond motifs is 1. The maximum Gasteiger partial charge on any atom is 0.323 e. The molecule has 0 spiro atoms. The molecule has 2 rings (SSSR count). The predicted octanol–water partition coefficient (Wildman–Crippen LogP) is -0.569. The van der Waals surface area contributed by atoms with Crippen LogP contribution in [0.5, 0.6) is 0 Å². The molecule has 2 saturated carbocycles. The van der Waals surface area contributed by atoms with Crippen molar-refractivity contribution in [2.75, 3.05) is 13.1 Å². The molecule has 2 amide bonds. The van der Waals surface area contributed by atoms with Gasteiger partial charge >= 0.3 is 5.97 Å². The third-order valence-electron chi connectivity index (χ3n) is 3.68. The van der Waals surface area contributed by atoms with Gasteiger partial charge in [0.25, 0.3) is 0 Å². The zero-order chi connectivity index (χ0) is 12.6. The highest BCUT2D eigenvalue weighted by Gasteiger charge is 2.57. The summed E-state index contributed by atoms with van der Waals surface area (Å²) in [7, 11) is 0. The Hall–Kier alpha value is -1.59. The smallest absolute Gasteiger partial charge is 0.323 e. The van der Waals surface area contributed by atoms with Crippen LogP contribution in [0.3, 0.4) is 0 Å². The monoisotopic (exact) mass is 240 g/mol. The summed E-state index contributed by atoms with van der Waals surface area (Å²) in [5.41, 5.74) is 5.02. The van der Waals surface area contributed by atoms with Crippen molar-refractivity contribution in [3.8, 4) is 0 Å². The Morgan fingerprint density at radius 1 is 1.18 bits per heavy atom. The van der Waals surface area contributed by atoms with Crippen molar-refractivity contribution in [3.63, 3.8) is 0 Å². The first-order valence-corrected chi connectivity index (χ1v) is 5.79. The number of nitrogens with zero attached hydrogens (tertiary/aromatic N) is 1. The Bertz CT molecular complexity index is 342. The van der Waals surface area contributed by atoms with Gasteiger partial charge in [0.15, 0.2) is 0 Å². The first-order chi connectivity index (χ1) is 8.00. The maximum atomic E-state index is 12.0.